The second-order valence-electron chi connectivity index (χ2n) is 4.59. The summed E-state index contributed by atoms with van der Waals surface area (Å²) in [5.74, 6) is 0.821. The van der Waals surface area contributed by atoms with Crippen LogP contribution >= 0.6 is 0 Å². The predicted octanol–water partition coefficient (Wildman–Crippen LogP) is 2.40. The number of aryl methyl sites for hydroxylation is 1. The van der Waals surface area contributed by atoms with Crippen LogP contribution in [0, 0.1) is 0 Å². The molecule has 1 N–H and O–H groups in total. The molecule has 0 aliphatic rings. The van der Waals surface area contributed by atoms with E-state index in [0.717, 1.165) is 36.5 Å². The molecule has 5 nitrogen and oxygen atoms in total. The Labute approximate surface area is 120 Å². The Bertz CT molecular complexity index is 524. The molecule has 0 saturated heterocycles. The Hall–Kier alpha value is -1.88. The summed E-state index contributed by atoms with van der Waals surface area (Å²) < 4.78 is 7.50. The van der Waals surface area contributed by atoms with E-state index in [0.29, 0.717) is 0 Å². The SMILES string of the molecule is CCCn1ncc(OC)c1C(NCC)c1ccncc1. The van der Waals surface area contributed by atoms with E-state index in [9.17, 15) is 0 Å². The molecular weight excluding hydrogens is 252 g/mol. The summed E-state index contributed by atoms with van der Waals surface area (Å²) in [6, 6.07) is 4.11. The lowest BCUT2D eigenvalue weighted by molar-refractivity contribution is 0.398. The lowest BCUT2D eigenvalue weighted by Gasteiger charge is -2.21. The Morgan fingerprint density at radius 1 is 1.30 bits per heavy atom. The van der Waals surface area contributed by atoms with Crippen molar-refractivity contribution in [3.05, 3.63) is 42.0 Å². The van der Waals surface area contributed by atoms with Crippen LogP contribution in [-0.2, 0) is 6.54 Å². The van der Waals surface area contributed by atoms with Gasteiger partial charge in [0, 0.05) is 18.9 Å². The van der Waals surface area contributed by atoms with Crippen LogP contribution in [-0.4, -0.2) is 28.4 Å². The van der Waals surface area contributed by atoms with Crippen molar-refractivity contribution in [2.45, 2.75) is 32.9 Å². The first-order valence-corrected chi connectivity index (χ1v) is 7.04. The number of hydrogen-bond donors (Lipinski definition) is 1. The highest BCUT2D eigenvalue weighted by Crippen LogP contribution is 2.29. The fourth-order valence-corrected chi connectivity index (χ4v) is 2.35. The molecule has 2 rings (SSSR count). The Balaban J connectivity index is 2.45. The molecule has 0 fully saturated rings. The van der Waals surface area contributed by atoms with Crippen LogP contribution in [0.4, 0.5) is 0 Å². The third kappa shape index (κ3) is 2.99. The first-order chi connectivity index (χ1) is 9.81. The maximum absolute atomic E-state index is 5.48. The molecule has 108 valence electrons. The zero-order valence-electron chi connectivity index (χ0n) is 12.3. The van der Waals surface area contributed by atoms with Gasteiger partial charge in [-0.2, -0.15) is 5.10 Å². The van der Waals surface area contributed by atoms with Crippen LogP contribution in [0.2, 0.25) is 0 Å². The normalized spacial score (nSPS) is 12.3. The average molecular weight is 274 g/mol. The van der Waals surface area contributed by atoms with Crippen molar-refractivity contribution in [1.82, 2.24) is 20.1 Å². The van der Waals surface area contributed by atoms with Gasteiger partial charge in [0.25, 0.3) is 0 Å². The van der Waals surface area contributed by atoms with Crippen LogP contribution in [0.3, 0.4) is 0 Å². The zero-order chi connectivity index (χ0) is 14.4. The first-order valence-electron chi connectivity index (χ1n) is 7.04. The summed E-state index contributed by atoms with van der Waals surface area (Å²) >= 11 is 0. The summed E-state index contributed by atoms with van der Waals surface area (Å²) in [4.78, 5) is 4.09. The molecule has 0 aliphatic heterocycles. The summed E-state index contributed by atoms with van der Waals surface area (Å²) in [7, 11) is 1.69. The molecule has 0 aliphatic carbocycles. The fourth-order valence-electron chi connectivity index (χ4n) is 2.35. The van der Waals surface area contributed by atoms with Crippen LogP contribution < -0.4 is 10.1 Å². The van der Waals surface area contributed by atoms with Crippen LogP contribution in [0.25, 0.3) is 0 Å². The van der Waals surface area contributed by atoms with Crippen LogP contribution in [0.5, 0.6) is 5.75 Å². The van der Waals surface area contributed by atoms with E-state index in [1.165, 1.54) is 0 Å². The molecule has 0 amide bonds. The number of aromatic nitrogens is 3. The van der Waals surface area contributed by atoms with Gasteiger partial charge in [-0.15, -0.1) is 0 Å². The largest absolute Gasteiger partial charge is 0.493 e. The van der Waals surface area contributed by atoms with Crippen molar-refractivity contribution < 1.29 is 4.74 Å². The van der Waals surface area contributed by atoms with Gasteiger partial charge in [0.15, 0.2) is 5.75 Å². The highest BCUT2D eigenvalue weighted by molar-refractivity contribution is 5.35. The molecule has 2 heterocycles. The van der Waals surface area contributed by atoms with Crippen LogP contribution in [0.1, 0.15) is 37.6 Å². The van der Waals surface area contributed by atoms with Crippen molar-refractivity contribution >= 4 is 0 Å². The average Bonchev–Trinajstić information content (AvgIpc) is 2.89. The molecule has 0 bridgehead atoms. The van der Waals surface area contributed by atoms with Gasteiger partial charge in [-0.3, -0.25) is 9.67 Å². The van der Waals surface area contributed by atoms with Crippen molar-refractivity contribution in [2.75, 3.05) is 13.7 Å². The summed E-state index contributed by atoms with van der Waals surface area (Å²) in [6.07, 6.45) is 6.45. The number of nitrogens with zero attached hydrogens (tertiary/aromatic N) is 3. The fraction of sp³-hybridized carbons (Fsp3) is 0.467. The molecule has 0 spiro atoms. The molecule has 0 radical (unpaired) electrons. The van der Waals surface area contributed by atoms with E-state index < -0.39 is 0 Å². The number of hydrogen-bond acceptors (Lipinski definition) is 4. The van der Waals surface area contributed by atoms with Gasteiger partial charge in [-0.25, -0.2) is 0 Å². The number of rotatable bonds is 7. The molecular formula is C15H22N4O. The van der Waals surface area contributed by atoms with Crippen LogP contribution in [0.15, 0.2) is 30.7 Å². The quantitative estimate of drug-likeness (QED) is 0.842. The minimum absolute atomic E-state index is 0.0620. The zero-order valence-corrected chi connectivity index (χ0v) is 12.3. The van der Waals surface area contributed by atoms with E-state index >= 15 is 0 Å². The molecule has 5 heteroatoms. The van der Waals surface area contributed by atoms with Gasteiger partial charge in [0.2, 0.25) is 0 Å². The minimum Gasteiger partial charge on any atom is -0.493 e. The highest BCUT2D eigenvalue weighted by atomic mass is 16.5. The van der Waals surface area contributed by atoms with Gasteiger partial charge in [-0.1, -0.05) is 13.8 Å². The summed E-state index contributed by atoms with van der Waals surface area (Å²) in [5.41, 5.74) is 2.24. The molecule has 20 heavy (non-hydrogen) atoms. The van der Waals surface area contributed by atoms with Crippen molar-refractivity contribution in [1.29, 1.82) is 0 Å². The van der Waals surface area contributed by atoms with Gasteiger partial charge in [0.05, 0.1) is 19.3 Å². The molecule has 0 saturated carbocycles. The van der Waals surface area contributed by atoms with Gasteiger partial charge in [0.1, 0.15) is 5.69 Å². The molecule has 2 aromatic heterocycles. The third-order valence-electron chi connectivity index (χ3n) is 3.22. The second kappa shape index (κ2) is 7.05. The smallest absolute Gasteiger partial charge is 0.161 e. The summed E-state index contributed by atoms with van der Waals surface area (Å²) in [5, 5.41) is 7.95. The lowest BCUT2D eigenvalue weighted by Crippen LogP contribution is -2.25. The Kier molecular flexibility index (Phi) is 5.12. The predicted molar refractivity (Wildman–Crippen MR) is 78.8 cm³/mol. The number of nitrogens with one attached hydrogen (secondary N) is 1. The van der Waals surface area contributed by atoms with Gasteiger partial charge < -0.3 is 10.1 Å². The number of methoxy groups -OCH3 is 1. The molecule has 1 atom stereocenters. The van der Waals surface area contributed by atoms with Crippen molar-refractivity contribution in [3.8, 4) is 5.75 Å². The number of pyridine rings is 1. The maximum atomic E-state index is 5.48. The van der Waals surface area contributed by atoms with E-state index in [1.54, 1.807) is 13.3 Å². The molecule has 0 aromatic carbocycles. The first kappa shape index (κ1) is 14.5. The molecule has 1 unspecified atom stereocenters. The maximum Gasteiger partial charge on any atom is 0.161 e. The van der Waals surface area contributed by atoms with Crippen molar-refractivity contribution in [2.24, 2.45) is 0 Å². The highest BCUT2D eigenvalue weighted by Gasteiger charge is 2.22. The monoisotopic (exact) mass is 274 g/mol. The van der Waals surface area contributed by atoms with Crippen molar-refractivity contribution in [3.63, 3.8) is 0 Å². The summed E-state index contributed by atoms with van der Waals surface area (Å²) in [6.45, 7) is 5.99. The van der Waals surface area contributed by atoms with E-state index in [4.69, 9.17) is 4.74 Å². The van der Waals surface area contributed by atoms with Gasteiger partial charge in [-0.05, 0) is 30.7 Å². The topological polar surface area (TPSA) is 52.0 Å². The lowest BCUT2D eigenvalue weighted by atomic mass is 10.0. The molecule has 2 aromatic rings. The van der Waals surface area contributed by atoms with E-state index in [2.05, 4.69) is 29.2 Å². The van der Waals surface area contributed by atoms with E-state index in [-0.39, 0.29) is 6.04 Å². The van der Waals surface area contributed by atoms with Gasteiger partial charge >= 0.3 is 0 Å². The Morgan fingerprint density at radius 2 is 2.05 bits per heavy atom. The number of ether oxygens (including phenoxy) is 1. The van der Waals surface area contributed by atoms with E-state index in [1.807, 2.05) is 29.2 Å². The third-order valence-corrected chi connectivity index (χ3v) is 3.22. The standard InChI is InChI=1S/C15H22N4O/c1-4-10-19-15(13(20-3)11-18-19)14(17-5-2)12-6-8-16-9-7-12/h6-9,11,14,17H,4-5,10H2,1-3H3. The Morgan fingerprint density at radius 3 is 2.65 bits per heavy atom. The minimum atomic E-state index is 0.0620. The second-order valence-corrected chi connectivity index (χ2v) is 4.59.